The molecule has 7 rings (SSSR count). The summed E-state index contributed by atoms with van der Waals surface area (Å²) in [4.78, 5) is 19.0. The molecule has 0 bridgehead atoms. The van der Waals surface area contributed by atoms with Gasteiger partial charge in [-0.25, -0.2) is 8.78 Å². The number of halogens is 4. The Bertz CT molecular complexity index is 1760. The summed E-state index contributed by atoms with van der Waals surface area (Å²) in [6, 6.07) is 6.65. The Balaban J connectivity index is 1.11. The maximum atomic E-state index is 16.0. The number of morpholine rings is 1. The summed E-state index contributed by atoms with van der Waals surface area (Å²) in [7, 11) is 0. The van der Waals surface area contributed by atoms with Crippen LogP contribution in [0.4, 0.5) is 17.6 Å². The molecule has 4 aliphatic heterocycles. The average Bonchev–Trinajstić information content (AvgIpc) is 3.51. The zero-order chi connectivity index (χ0) is 31.0. The summed E-state index contributed by atoms with van der Waals surface area (Å²) in [6.45, 7) is 8.04. The quantitative estimate of drug-likeness (QED) is 0.387. The number of hydrogen-bond donors (Lipinski definition) is 0. The third-order valence-corrected chi connectivity index (χ3v) is 10.1. The van der Waals surface area contributed by atoms with Crippen molar-refractivity contribution in [3.8, 4) is 0 Å². The van der Waals surface area contributed by atoms with Gasteiger partial charge < -0.3 is 9.64 Å². The van der Waals surface area contributed by atoms with Crippen molar-refractivity contribution in [2.75, 3.05) is 32.8 Å². The van der Waals surface area contributed by atoms with Crippen molar-refractivity contribution in [3.63, 3.8) is 0 Å². The molecule has 5 atom stereocenters. The Morgan fingerprint density at radius 2 is 1.70 bits per heavy atom. The topological polar surface area (TPSA) is 57.3 Å². The van der Waals surface area contributed by atoms with Crippen molar-refractivity contribution in [1.29, 1.82) is 0 Å². The van der Waals surface area contributed by atoms with Gasteiger partial charge in [0, 0.05) is 25.1 Å². The van der Waals surface area contributed by atoms with Crippen molar-refractivity contribution in [2.45, 2.75) is 44.7 Å². The Morgan fingerprint density at radius 1 is 1.00 bits per heavy atom. The molecular formula is C34H34F4N4O2. The lowest BCUT2D eigenvalue weighted by molar-refractivity contribution is 0.0300. The number of hydrazone groups is 1. The highest BCUT2D eigenvalue weighted by atomic mass is 19.3. The minimum absolute atomic E-state index is 0.0171. The molecule has 4 heterocycles. The Kier molecular flexibility index (Phi) is 6.84. The number of benzene rings is 2. The van der Waals surface area contributed by atoms with Gasteiger partial charge in [-0.05, 0) is 58.5 Å². The van der Waals surface area contributed by atoms with Crippen LogP contribution in [0.5, 0.6) is 0 Å². The predicted octanol–water partition coefficient (Wildman–Crippen LogP) is 4.25. The minimum Gasteiger partial charge on any atom is -0.378 e. The number of hydrogen-bond acceptors (Lipinski definition) is 5. The number of amides is 1. The van der Waals surface area contributed by atoms with Gasteiger partial charge in [-0.3, -0.25) is 14.8 Å². The first-order chi connectivity index (χ1) is 21.0. The van der Waals surface area contributed by atoms with Crippen LogP contribution in [0.25, 0.3) is 12.2 Å². The second-order valence-electron chi connectivity index (χ2n) is 12.7. The fourth-order valence-corrected chi connectivity index (χ4v) is 6.91. The van der Waals surface area contributed by atoms with Crippen LogP contribution in [-0.4, -0.2) is 71.7 Å². The van der Waals surface area contributed by atoms with E-state index in [1.54, 1.807) is 22.1 Å². The first-order valence-corrected chi connectivity index (χ1v) is 15.2. The maximum Gasteiger partial charge on any atom is 0.315 e. The molecule has 1 amide bonds. The molecule has 10 heteroatoms. The van der Waals surface area contributed by atoms with Crippen molar-refractivity contribution >= 4 is 29.5 Å². The molecule has 44 heavy (non-hydrogen) atoms. The van der Waals surface area contributed by atoms with Crippen LogP contribution in [0.1, 0.15) is 48.7 Å². The predicted molar refractivity (Wildman–Crippen MR) is 160 cm³/mol. The average molecular weight is 607 g/mol. The number of allylic oxidation sites excluding steroid dienone is 1. The standard InChI is InChI=1S/C34H34F4N4O2/c1-19-12-23-14-26(28(36)16-24(23)13-20(2)21(19)3)34(37,38)30-17-33-18-39-29(6-7-31(33)42(33)40-30)22-4-5-25(27(35)15-22)32(43)41-8-10-44-11-9-41/h4-7,12-16,19-21,31H,8-11,17-18H2,1-3H3. The Labute approximate surface area is 253 Å². The molecule has 0 radical (unpaired) electrons. The molecule has 0 N–H and O–H groups in total. The van der Waals surface area contributed by atoms with E-state index in [0.29, 0.717) is 53.9 Å². The van der Waals surface area contributed by atoms with Crippen LogP contribution in [0, 0.1) is 29.4 Å². The van der Waals surface area contributed by atoms with E-state index in [-0.39, 0.29) is 48.0 Å². The zero-order valence-electron chi connectivity index (χ0n) is 24.9. The molecule has 0 saturated carbocycles. The van der Waals surface area contributed by atoms with Crippen LogP contribution in [0.2, 0.25) is 0 Å². The van der Waals surface area contributed by atoms with E-state index in [2.05, 4.69) is 30.9 Å². The van der Waals surface area contributed by atoms with Crippen LogP contribution < -0.4 is 10.4 Å². The van der Waals surface area contributed by atoms with E-state index < -0.39 is 28.7 Å². The van der Waals surface area contributed by atoms with Crippen LogP contribution >= 0.6 is 0 Å². The van der Waals surface area contributed by atoms with E-state index in [9.17, 15) is 4.79 Å². The van der Waals surface area contributed by atoms with Gasteiger partial charge in [-0.2, -0.15) is 13.9 Å². The van der Waals surface area contributed by atoms with Crippen LogP contribution in [-0.2, 0) is 10.7 Å². The minimum atomic E-state index is -3.60. The Morgan fingerprint density at radius 3 is 2.41 bits per heavy atom. The molecule has 2 fully saturated rings. The smallest absolute Gasteiger partial charge is 0.315 e. The molecule has 1 spiro atoms. The molecule has 1 aliphatic carbocycles. The maximum absolute atomic E-state index is 16.0. The number of carbonyl (C=O) groups excluding carboxylic acids is 1. The van der Waals surface area contributed by atoms with Crippen molar-refractivity contribution in [3.05, 3.63) is 81.2 Å². The lowest BCUT2D eigenvalue weighted by Gasteiger charge is -2.27. The van der Waals surface area contributed by atoms with Gasteiger partial charge in [0.2, 0.25) is 0 Å². The van der Waals surface area contributed by atoms with Gasteiger partial charge in [0.15, 0.2) is 0 Å². The molecule has 230 valence electrons. The number of carbonyl (C=O) groups is 1. The van der Waals surface area contributed by atoms with E-state index in [1.165, 1.54) is 24.3 Å². The summed E-state index contributed by atoms with van der Waals surface area (Å²) >= 11 is 0. The van der Waals surface area contributed by atoms with Gasteiger partial charge in [0.05, 0.1) is 42.6 Å². The normalized spacial score (nSPS) is 29.2. The molecule has 2 aromatic carbocycles. The van der Waals surface area contributed by atoms with E-state index in [0.717, 1.165) is 0 Å². The lowest BCUT2D eigenvalue weighted by atomic mass is 9.86. The van der Waals surface area contributed by atoms with E-state index in [1.807, 2.05) is 18.2 Å². The van der Waals surface area contributed by atoms with Crippen LogP contribution in [0.15, 0.2) is 52.6 Å². The number of ether oxygens (including phenoxy) is 1. The largest absolute Gasteiger partial charge is 0.378 e. The summed E-state index contributed by atoms with van der Waals surface area (Å²) in [5.41, 5.74) is -0.842. The SMILES string of the molecule is CC1C=c2cc(F)c(C(F)(F)C3=NN4C5C=CC(c6ccc(C(=O)N7CCOCC7)c(F)c6)=NCC54C3)cc2=CC(C)C1C. The molecule has 5 aliphatic rings. The van der Waals surface area contributed by atoms with Crippen molar-refractivity contribution < 1.29 is 27.1 Å². The number of rotatable bonds is 4. The monoisotopic (exact) mass is 606 g/mol. The molecule has 2 saturated heterocycles. The fraction of sp³-hybridized carbons (Fsp3) is 0.441. The van der Waals surface area contributed by atoms with Gasteiger partial charge in [-0.15, -0.1) is 0 Å². The fourth-order valence-electron chi connectivity index (χ4n) is 6.91. The number of fused-ring (bicyclic) bond motifs is 2. The number of aliphatic imine (C=N–C) groups is 1. The summed E-state index contributed by atoms with van der Waals surface area (Å²) < 4.78 is 67.5. The Hall–Kier alpha value is -3.79. The third-order valence-electron chi connectivity index (χ3n) is 10.1. The number of alkyl halides is 2. The summed E-state index contributed by atoms with van der Waals surface area (Å²) in [5.74, 6) is -4.94. The highest BCUT2D eigenvalue weighted by molar-refractivity contribution is 6.10. The molecule has 6 nitrogen and oxygen atoms in total. The zero-order valence-corrected chi connectivity index (χ0v) is 24.9. The molecule has 5 unspecified atom stereocenters. The third kappa shape index (κ3) is 4.60. The van der Waals surface area contributed by atoms with E-state index >= 15 is 17.6 Å². The first-order valence-electron chi connectivity index (χ1n) is 15.2. The summed E-state index contributed by atoms with van der Waals surface area (Å²) in [5, 5.41) is 7.13. The van der Waals surface area contributed by atoms with Gasteiger partial charge in [-0.1, -0.05) is 45.1 Å². The van der Waals surface area contributed by atoms with Crippen LogP contribution in [0.3, 0.4) is 0 Å². The molecular weight excluding hydrogens is 572 g/mol. The molecule has 2 aromatic rings. The second-order valence-corrected chi connectivity index (χ2v) is 12.7. The summed E-state index contributed by atoms with van der Waals surface area (Å²) in [6.07, 6.45) is 7.42. The second kappa shape index (κ2) is 10.4. The molecule has 0 aromatic heterocycles. The van der Waals surface area contributed by atoms with Gasteiger partial charge >= 0.3 is 5.92 Å². The highest BCUT2D eigenvalue weighted by Gasteiger charge is 2.68. The highest BCUT2D eigenvalue weighted by Crippen LogP contribution is 2.54. The number of nitrogens with zero attached hydrogens (tertiary/aromatic N) is 4. The first kappa shape index (κ1) is 29.0. The van der Waals surface area contributed by atoms with Gasteiger partial charge in [0.25, 0.3) is 5.91 Å². The van der Waals surface area contributed by atoms with E-state index in [4.69, 9.17) is 4.74 Å². The van der Waals surface area contributed by atoms with Crippen molar-refractivity contribution in [2.24, 2.45) is 27.8 Å². The lowest BCUT2D eigenvalue weighted by Crippen LogP contribution is -2.41. The van der Waals surface area contributed by atoms with Crippen molar-refractivity contribution in [1.82, 2.24) is 9.91 Å². The van der Waals surface area contributed by atoms with Gasteiger partial charge in [0.1, 0.15) is 22.9 Å².